The van der Waals surface area contributed by atoms with Gasteiger partial charge in [-0.2, -0.15) is 0 Å². The maximum absolute atomic E-state index is 5.96. The molecule has 2 heteroatoms. The quantitative estimate of drug-likeness (QED) is 0.788. The van der Waals surface area contributed by atoms with E-state index in [-0.39, 0.29) is 0 Å². The molecule has 1 aromatic rings. The van der Waals surface area contributed by atoms with Crippen LogP contribution in [0.25, 0.3) is 0 Å². The van der Waals surface area contributed by atoms with Crippen molar-refractivity contribution in [2.45, 2.75) is 39.7 Å². The molecule has 1 aromatic carbocycles. The van der Waals surface area contributed by atoms with E-state index >= 15 is 0 Å². The van der Waals surface area contributed by atoms with Crippen molar-refractivity contribution in [3.05, 3.63) is 34.9 Å². The fourth-order valence-corrected chi connectivity index (χ4v) is 2.33. The number of hydrogen-bond acceptors (Lipinski definition) is 1. The molecule has 0 saturated heterocycles. The van der Waals surface area contributed by atoms with E-state index in [1.807, 2.05) is 12.1 Å². The Kier molecular flexibility index (Phi) is 4.69. The Morgan fingerprint density at radius 1 is 1.17 bits per heavy atom. The predicted molar refractivity (Wildman–Crippen MR) is 78.9 cm³/mol. The van der Waals surface area contributed by atoms with Gasteiger partial charge in [0.05, 0.1) is 0 Å². The second-order valence-corrected chi connectivity index (χ2v) is 6.43. The Labute approximate surface area is 116 Å². The molecule has 18 heavy (non-hydrogen) atoms. The standard InChI is InChI=1S/C16H24ClN/c1-11(2)12(3)10-18-16(13-4-5-13)14-6-8-15(17)9-7-14/h6-9,11-13,16,18H,4-5,10H2,1-3H3. The second kappa shape index (κ2) is 6.08. The van der Waals surface area contributed by atoms with Crippen LogP contribution in [0.15, 0.2) is 24.3 Å². The minimum atomic E-state index is 0.517. The maximum atomic E-state index is 5.96. The van der Waals surface area contributed by atoms with Gasteiger partial charge in [0.1, 0.15) is 0 Å². The third kappa shape index (κ3) is 3.73. The lowest BCUT2D eigenvalue weighted by molar-refractivity contribution is 0.356. The van der Waals surface area contributed by atoms with Crippen LogP contribution in [-0.4, -0.2) is 6.54 Å². The first-order valence-electron chi connectivity index (χ1n) is 7.06. The minimum absolute atomic E-state index is 0.517. The van der Waals surface area contributed by atoms with Gasteiger partial charge in [-0.3, -0.25) is 0 Å². The average Bonchev–Trinajstić information content (AvgIpc) is 3.15. The summed E-state index contributed by atoms with van der Waals surface area (Å²) >= 11 is 5.96. The Hall–Kier alpha value is -0.530. The Morgan fingerprint density at radius 2 is 1.78 bits per heavy atom. The largest absolute Gasteiger partial charge is 0.309 e. The highest BCUT2D eigenvalue weighted by atomic mass is 35.5. The summed E-state index contributed by atoms with van der Waals surface area (Å²) in [4.78, 5) is 0. The first-order valence-corrected chi connectivity index (χ1v) is 7.44. The van der Waals surface area contributed by atoms with Gasteiger partial charge in [0, 0.05) is 11.1 Å². The summed E-state index contributed by atoms with van der Waals surface area (Å²) in [5.41, 5.74) is 1.39. The summed E-state index contributed by atoms with van der Waals surface area (Å²) in [6.45, 7) is 8.01. The van der Waals surface area contributed by atoms with E-state index in [2.05, 4.69) is 38.2 Å². The fourth-order valence-electron chi connectivity index (χ4n) is 2.20. The van der Waals surface area contributed by atoms with Crippen LogP contribution in [0.3, 0.4) is 0 Å². The summed E-state index contributed by atoms with van der Waals surface area (Å²) in [7, 11) is 0. The zero-order valence-corrected chi connectivity index (χ0v) is 12.4. The topological polar surface area (TPSA) is 12.0 Å². The Morgan fingerprint density at radius 3 is 2.28 bits per heavy atom. The van der Waals surface area contributed by atoms with Crippen LogP contribution in [0.1, 0.15) is 45.2 Å². The fraction of sp³-hybridized carbons (Fsp3) is 0.625. The number of nitrogens with one attached hydrogen (secondary N) is 1. The molecule has 100 valence electrons. The molecule has 0 radical (unpaired) electrons. The van der Waals surface area contributed by atoms with E-state index in [9.17, 15) is 0 Å². The van der Waals surface area contributed by atoms with E-state index in [1.165, 1.54) is 18.4 Å². The third-order valence-electron chi connectivity index (χ3n) is 4.12. The summed E-state index contributed by atoms with van der Waals surface area (Å²) < 4.78 is 0. The summed E-state index contributed by atoms with van der Waals surface area (Å²) in [6, 6.07) is 8.85. The van der Waals surface area contributed by atoms with E-state index in [0.29, 0.717) is 6.04 Å². The summed E-state index contributed by atoms with van der Waals surface area (Å²) in [5.74, 6) is 2.28. The summed E-state index contributed by atoms with van der Waals surface area (Å²) in [6.07, 6.45) is 2.71. The van der Waals surface area contributed by atoms with Crippen LogP contribution in [0, 0.1) is 17.8 Å². The first kappa shape index (κ1) is 13.9. The molecule has 0 amide bonds. The van der Waals surface area contributed by atoms with Crippen LogP contribution in [0.5, 0.6) is 0 Å². The molecule has 2 atom stereocenters. The van der Waals surface area contributed by atoms with Gasteiger partial charge in [0.15, 0.2) is 0 Å². The molecule has 0 heterocycles. The van der Waals surface area contributed by atoms with Crippen LogP contribution in [-0.2, 0) is 0 Å². The van der Waals surface area contributed by atoms with Gasteiger partial charge in [-0.25, -0.2) is 0 Å². The van der Waals surface area contributed by atoms with Crippen LogP contribution >= 0.6 is 11.6 Å². The SMILES string of the molecule is CC(C)C(C)CNC(c1ccc(Cl)cc1)C1CC1. The molecule has 1 N–H and O–H groups in total. The van der Waals surface area contributed by atoms with Crippen molar-refractivity contribution in [2.24, 2.45) is 17.8 Å². The lowest BCUT2D eigenvalue weighted by atomic mass is 9.96. The molecule has 0 bridgehead atoms. The van der Waals surface area contributed by atoms with Crippen LogP contribution in [0.4, 0.5) is 0 Å². The van der Waals surface area contributed by atoms with Gasteiger partial charge in [0.2, 0.25) is 0 Å². The smallest absolute Gasteiger partial charge is 0.0406 e. The van der Waals surface area contributed by atoms with Gasteiger partial charge in [0.25, 0.3) is 0 Å². The molecular weight excluding hydrogens is 242 g/mol. The molecule has 0 spiro atoms. The van der Waals surface area contributed by atoms with Gasteiger partial charge in [-0.05, 0) is 54.8 Å². The predicted octanol–water partition coefficient (Wildman–Crippen LogP) is 4.67. The molecule has 0 aliphatic heterocycles. The molecule has 2 unspecified atom stereocenters. The normalized spacial score (nSPS) is 18.9. The van der Waals surface area contributed by atoms with E-state index in [4.69, 9.17) is 11.6 Å². The van der Waals surface area contributed by atoms with Crippen molar-refractivity contribution in [3.63, 3.8) is 0 Å². The van der Waals surface area contributed by atoms with Crippen LogP contribution in [0.2, 0.25) is 5.02 Å². The molecule has 2 rings (SSSR count). The van der Waals surface area contributed by atoms with Gasteiger partial charge in [-0.15, -0.1) is 0 Å². The van der Waals surface area contributed by atoms with E-state index in [0.717, 1.165) is 29.3 Å². The van der Waals surface area contributed by atoms with Crippen LogP contribution < -0.4 is 5.32 Å². The third-order valence-corrected chi connectivity index (χ3v) is 4.37. The molecule has 1 aliphatic carbocycles. The van der Waals surface area contributed by atoms with E-state index < -0.39 is 0 Å². The number of benzene rings is 1. The van der Waals surface area contributed by atoms with Crippen molar-refractivity contribution in [1.82, 2.24) is 5.32 Å². The highest BCUT2D eigenvalue weighted by Crippen LogP contribution is 2.41. The van der Waals surface area contributed by atoms with Crippen molar-refractivity contribution in [3.8, 4) is 0 Å². The number of halogens is 1. The molecule has 1 fully saturated rings. The summed E-state index contributed by atoms with van der Waals surface area (Å²) in [5, 5.41) is 4.58. The van der Waals surface area contributed by atoms with Crippen molar-refractivity contribution in [1.29, 1.82) is 0 Å². The van der Waals surface area contributed by atoms with Crippen molar-refractivity contribution in [2.75, 3.05) is 6.54 Å². The van der Waals surface area contributed by atoms with Crippen molar-refractivity contribution < 1.29 is 0 Å². The maximum Gasteiger partial charge on any atom is 0.0406 e. The first-order chi connectivity index (χ1) is 8.58. The zero-order valence-electron chi connectivity index (χ0n) is 11.6. The van der Waals surface area contributed by atoms with E-state index in [1.54, 1.807) is 0 Å². The molecule has 0 aromatic heterocycles. The monoisotopic (exact) mass is 265 g/mol. The molecular formula is C16H24ClN. The molecule has 1 saturated carbocycles. The lowest BCUT2D eigenvalue weighted by Gasteiger charge is -2.23. The number of rotatable bonds is 6. The highest BCUT2D eigenvalue weighted by molar-refractivity contribution is 6.30. The molecule has 1 nitrogen and oxygen atoms in total. The lowest BCUT2D eigenvalue weighted by Crippen LogP contribution is -2.29. The highest BCUT2D eigenvalue weighted by Gasteiger charge is 2.32. The number of hydrogen-bond donors (Lipinski definition) is 1. The second-order valence-electron chi connectivity index (χ2n) is 6.00. The average molecular weight is 266 g/mol. The van der Waals surface area contributed by atoms with Gasteiger partial charge in [-0.1, -0.05) is 44.5 Å². The zero-order chi connectivity index (χ0) is 13.1. The Balaban J connectivity index is 1.98. The Bertz CT molecular complexity index is 367. The van der Waals surface area contributed by atoms with Gasteiger partial charge >= 0.3 is 0 Å². The van der Waals surface area contributed by atoms with Crippen molar-refractivity contribution >= 4 is 11.6 Å². The minimum Gasteiger partial charge on any atom is -0.309 e. The van der Waals surface area contributed by atoms with Gasteiger partial charge < -0.3 is 5.32 Å². The molecule has 1 aliphatic rings.